The Morgan fingerprint density at radius 2 is 2.03 bits per heavy atom. The van der Waals surface area contributed by atoms with Gasteiger partial charge in [0.25, 0.3) is 0 Å². The zero-order valence-electron chi connectivity index (χ0n) is 19.7. The summed E-state index contributed by atoms with van der Waals surface area (Å²) >= 11 is 0. The molecule has 2 heterocycles. The zero-order valence-corrected chi connectivity index (χ0v) is 19.7. The maximum atomic E-state index is 12.8. The van der Waals surface area contributed by atoms with E-state index in [4.69, 9.17) is 0 Å². The first-order valence-corrected chi connectivity index (χ1v) is 11.9. The predicted octanol–water partition coefficient (Wildman–Crippen LogP) is 3.94. The Labute approximate surface area is 186 Å². The highest BCUT2D eigenvalue weighted by atomic mass is 16.3. The van der Waals surface area contributed by atoms with E-state index in [1.165, 1.54) is 16.5 Å². The number of piperidine rings is 1. The van der Waals surface area contributed by atoms with Gasteiger partial charge in [-0.1, -0.05) is 19.1 Å². The molecule has 170 valence electrons. The monoisotopic (exact) mass is 426 g/mol. The highest BCUT2D eigenvalue weighted by Gasteiger charge is 2.42. The smallest absolute Gasteiger partial charge is 0.317 e. The molecule has 2 amide bonds. The van der Waals surface area contributed by atoms with Crippen LogP contribution in [0.2, 0.25) is 0 Å². The molecule has 3 atom stereocenters. The van der Waals surface area contributed by atoms with E-state index in [-0.39, 0.29) is 12.1 Å². The molecular formula is C25H38N4O2. The summed E-state index contributed by atoms with van der Waals surface area (Å²) < 4.78 is 0. The molecule has 1 aromatic heterocycles. The number of H-pyrrole nitrogens is 1. The molecule has 1 unspecified atom stereocenters. The average Bonchev–Trinajstić information content (AvgIpc) is 3.10. The van der Waals surface area contributed by atoms with Gasteiger partial charge in [0.05, 0.1) is 11.3 Å². The van der Waals surface area contributed by atoms with Crippen molar-refractivity contribution in [2.45, 2.75) is 77.5 Å². The van der Waals surface area contributed by atoms with Gasteiger partial charge in [-0.05, 0) is 70.7 Å². The number of nitrogens with zero attached hydrogens (tertiary/aromatic N) is 2. The lowest BCUT2D eigenvalue weighted by molar-refractivity contribution is 0.0705. The lowest BCUT2D eigenvalue weighted by Crippen LogP contribution is -2.58. The van der Waals surface area contributed by atoms with Gasteiger partial charge in [-0.3, -0.25) is 4.90 Å². The van der Waals surface area contributed by atoms with Crippen molar-refractivity contribution in [3.05, 3.63) is 35.0 Å². The van der Waals surface area contributed by atoms with Crippen molar-refractivity contribution in [1.82, 2.24) is 20.1 Å². The summed E-state index contributed by atoms with van der Waals surface area (Å²) in [7, 11) is 0. The van der Waals surface area contributed by atoms with Gasteiger partial charge in [0.15, 0.2) is 0 Å². The number of urea groups is 1. The van der Waals surface area contributed by atoms with Crippen LogP contribution in [-0.4, -0.2) is 64.2 Å². The molecule has 1 saturated heterocycles. The highest BCUT2D eigenvalue weighted by molar-refractivity contribution is 5.90. The van der Waals surface area contributed by atoms with E-state index >= 15 is 0 Å². The molecule has 6 heteroatoms. The quantitative estimate of drug-likeness (QED) is 0.655. The number of hydrogen-bond acceptors (Lipinski definition) is 3. The van der Waals surface area contributed by atoms with Crippen LogP contribution in [-0.2, 0) is 12.0 Å². The van der Waals surface area contributed by atoms with Gasteiger partial charge < -0.3 is 20.3 Å². The molecular weight excluding hydrogens is 388 g/mol. The van der Waals surface area contributed by atoms with Crippen molar-refractivity contribution in [3.8, 4) is 0 Å². The number of aliphatic hydroxyl groups is 1. The SMILES string of the molecule is CCCN1C[C@@H](NC(=O)N(CC)CC)CC2c3cccc4[nH]c(C(C)(C)O)c(c34)C[C@H]21. The Morgan fingerprint density at radius 3 is 2.68 bits per heavy atom. The van der Waals surface area contributed by atoms with Crippen LogP contribution >= 0.6 is 0 Å². The van der Waals surface area contributed by atoms with E-state index in [0.29, 0.717) is 12.0 Å². The fraction of sp³-hybridized carbons (Fsp3) is 0.640. The second-order valence-corrected chi connectivity index (χ2v) is 9.73. The summed E-state index contributed by atoms with van der Waals surface area (Å²) in [5.41, 5.74) is 3.79. The van der Waals surface area contributed by atoms with Crippen molar-refractivity contribution in [1.29, 1.82) is 0 Å². The van der Waals surface area contributed by atoms with Gasteiger partial charge in [0.2, 0.25) is 0 Å². The minimum Gasteiger partial charge on any atom is -0.384 e. The Kier molecular flexibility index (Phi) is 6.05. The fourth-order valence-corrected chi connectivity index (χ4v) is 5.83. The third-order valence-electron chi connectivity index (χ3n) is 7.20. The van der Waals surface area contributed by atoms with Crippen molar-refractivity contribution in [2.75, 3.05) is 26.2 Å². The second kappa shape index (κ2) is 8.47. The summed E-state index contributed by atoms with van der Waals surface area (Å²) in [6, 6.07) is 7.08. The predicted molar refractivity (Wildman–Crippen MR) is 125 cm³/mol. The molecule has 0 bridgehead atoms. The fourth-order valence-electron chi connectivity index (χ4n) is 5.83. The Bertz CT molecular complexity index is 941. The molecule has 3 N–H and O–H groups in total. The lowest BCUT2D eigenvalue weighted by atomic mass is 9.72. The maximum Gasteiger partial charge on any atom is 0.317 e. The van der Waals surface area contributed by atoms with Gasteiger partial charge in [-0.2, -0.15) is 0 Å². The van der Waals surface area contributed by atoms with Crippen molar-refractivity contribution >= 4 is 16.9 Å². The molecule has 2 aliphatic rings. The normalized spacial score (nSPS) is 23.6. The van der Waals surface area contributed by atoms with E-state index in [0.717, 1.165) is 56.7 Å². The molecule has 1 aromatic carbocycles. The van der Waals surface area contributed by atoms with E-state index in [1.807, 2.05) is 32.6 Å². The number of nitrogens with one attached hydrogen (secondary N) is 2. The summed E-state index contributed by atoms with van der Waals surface area (Å²) in [5.74, 6) is 0.379. The van der Waals surface area contributed by atoms with Crippen LogP contribution in [0.25, 0.3) is 10.9 Å². The van der Waals surface area contributed by atoms with E-state index in [1.54, 1.807) is 0 Å². The van der Waals surface area contributed by atoms with Crippen LogP contribution < -0.4 is 5.32 Å². The first-order chi connectivity index (χ1) is 14.8. The maximum absolute atomic E-state index is 12.8. The Morgan fingerprint density at radius 1 is 1.29 bits per heavy atom. The first kappa shape index (κ1) is 22.2. The molecule has 2 aromatic rings. The molecule has 1 aliphatic carbocycles. The van der Waals surface area contributed by atoms with Crippen LogP contribution in [0.15, 0.2) is 18.2 Å². The molecule has 31 heavy (non-hydrogen) atoms. The average molecular weight is 427 g/mol. The molecule has 1 fully saturated rings. The van der Waals surface area contributed by atoms with E-state index < -0.39 is 5.60 Å². The van der Waals surface area contributed by atoms with Gasteiger partial charge >= 0.3 is 6.03 Å². The van der Waals surface area contributed by atoms with Crippen LogP contribution in [0.1, 0.15) is 70.2 Å². The van der Waals surface area contributed by atoms with Crippen LogP contribution in [0.4, 0.5) is 4.79 Å². The van der Waals surface area contributed by atoms with Gasteiger partial charge in [-0.15, -0.1) is 0 Å². The van der Waals surface area contributed by atoms with Gasteiger partial charge in [0.1, 0.15) is 0 Å². The van der Waals surface area contributed by atoms with Gasteiger partial charge in [-0.25, -0.2) is 4.79 Å². The number of amides is 2. The van der Waals surface area contributed by atoms with Crippen LogP contribution in [0.5, 0.6) is 0 Å². The van der Waals surface area contributed by atoms with Crippen LogP contribution in [0, 0.1) is 0 Å². The number of hydrogen-bond donors (Lipinski definition) is 3. The van der Waals surface area contributed by atoms with Gasteiger partial charge in [0, 0.05) is 48.5 Å². The van der Waals surface area contributed by atoms with E-state index in [2.05, 4.69) is 40.3 Å². The summed E-state index contributed by atoms with van der Waals surface area (Å²) in [4.78, 5) is 20.7. The number of likely N-dealkylation sites (tertiary alicyclic amines) is 1. The first-order valence-electron chi connectivity index (χ1n) is 11.9. The van der Waals surface area contributed by atoms with Crippen molar-refractivity contribution < 1.29 is 9.90 Å². The third-order valence-corrected chi connectivity index (χ3v) is 7.20. The van der Waals surface area contributed by atoms with Crippen LogP contribution in [0.3, 0.4) is 0 Å². The number of aromatic amines is 1. The minimum absolute atomic E-state index is 0.0468. The Hall–Kier alpha value is -2.05. The number of carbonyl (C=O) groups is 1. The third kappa shape index (κ3) is 3.96. The number of benzene rings is 1. The molecule has 0 saturated carbocycles. The summed E-state index contributed by atoms with van der Waals surface area (Å²) in [6.07, 6.45) is 2.99. The molecule has 6 nitrogen and oxygen atoms in total. The van der Waals surface area contributed by atoms with Crippen molar-refractivity contribution in [3.63, 3.8) is 0 Å². The number of rotatable bonds is 6. The second-order valence-electron chi connectivity index (χ2n) is 9.73. The molecule has 0 radical (unpaired) electrons. The van der Waals surface area contributed by atoms with Crippen molar-refractivity contribution in [2.24, 2.45) is 0 Å². The standard InChI is InChI=1S/C25H38N4O2/c1-6-12-29-15-16(26-24(30)28(7-2)8-3)13-18-17-10-9-11-20-22(17)19(14-21(18)29)23(27-20)25(4,5)31/h9-11,16,18,21,27,31H,6-8,12-15H2,1-5H3,(H,26,30)/t16-,18?,21+/m0/s1. The number of carbonyl (C=O) groups excluding carboxylic acids is 1. The Balaban J connectivity index is 1.71. The topological polar surface area (TPSA) is 71.6 Å². The molecule has 0 spiro atoms. The number of fused-ring (bicyclic) bond motifs is 2. The minimum atomic E-state index is -0.900. The molecule has 4 rings (SSSR count). The largest absolute Gasteiger partial charge is 0.384 e. The summed E-state index contributed by atoms with van der Waals surface area (Å²) in [5, 5.41) is 15.4. The number of aromatic nitrogens is 1. The zero-order chi connectivity index (χ0) is 22.3. The summed E-state index contributed by atoms with van der Waals surface area (Å²) in [6.45, 7) is 13.4. The van der Waals surface area contributed by atoms with E-state index in [9.17, 15) is 9.90 Å². The lowest BCUT2D eigenvalue weighted by Gasteiger charge is -2.47. The molecule has 1 aliphatic heterocycles. The highest BCUT2D eigenvalue weighted by Crippen LogP contribution is 2.46.